The van der Waals surface area contributed by atoms with E-state index < -0.39 is 0 Å². The van der Waals surface area contributed by atoms with Crippen LogP contribution in [0, 0.1) is 0 Å². The molecular formula is C21H30N4O4. The lowest BCUT2D eigenvalue weighted by molar-refractivity contribution is -0.140. The highest BCUT2D eigenvalue weighted by Gasteiger charge is 2.25. The molecule has 8 heteroatoms. The lowest BCUT2D eigenvalue weighted by Gasteiger charge is -2.37. The predicted molar refractivity (Wildman–Crippen MR) is 110 cm³/mol. The van der Waals surface area contributed by atoms with E-state index in [0.29, 0.717) is 39.3 Å². The molecule has 0 unspecified atom stereocenters. The summed E-state index contributed by atoms with van der Waals surface area (Å²) in [5.41, 5.74) is 1.04. The summed E-state index contributed by atoms with van der Waals surface area (Å²) in [4.78, 5) is 43.9. The first-order chi connectivity index (χ1) is 14.0. The topological polar surface area (TPSA) is 73.4 Å². The number of hydrogen-bond acceptors (Lipinski definition) is 5. The molecule has 0 atom stereocenters. The van der Waals surface area contributed by atoms with Crippen LogP contribution in [0.15, 0.2) is 24.3 Å². The zero-order chi connectivity index (χ0) is 20.8. The maximum Gasteiger partial charge on any atom is 0.223 e. The number of anilines is 1. The number of para-hydroxylation sites is 2. The molecule has 3 rings (SSSR count). The maximum atomic E-state index is 12.6. The van der Waals surface area contributed by atoms with Crippen LogP contribution in [-0.4, -0.2) is 91.9 Å². The fourth-order valence-corrected chi connectivity index (χ4v) is 3.89. The minimum Gasteiger partial charge on any atom is -0.495 e. The Kier molecular flexibility index (Phi) is 6.95. The molecule has 158 valence electrons. The molecule has 1 aromatic carbocycles. The van der Waals surface area contributed by atoms with Crippen molar-refractivity contribution in [3.8, 4) is 5.75 Å². The van der Waals surface area contributed by atoms with E-state index in [1.807, 2.05) is 29.2 Å². The lowest BCUT2D eigenvalue weighted by Crippen LogP contribution is -2.50. The second-order valence-electron chi connectivity index (χ2n) is 7.43. The molecule has 2 aliphatic rings. The van der Waals surface area contributed by atoms with Gasteiger partial charge in [0, 0.05) is 72.1 Å². The van der Waals surface area contributed by atoms with Crippen LogP contribution in [0.1, 0.15) is 19.8 Å². The molecule has 3 amide bonds. The Bertz CT molecular complexity index is 738. The average molecular weight is 402 g/mol. The lowest BCUT2D eigenvalue weighted by atomic mass is 10.2. The first-order valence-corrected chi connectivity index (χ1v) is 10.2. The molecule has 0 spiro atoms. The van der Waals surface area contributed by atoms with Crippen LogP contribution in [-0.2, 0) is 14.4 Å². The standard InChI is InChI=1S/C21H30N4O4/c1-17(26)22-9-13-24(14-10-22)20(27)7-8-21(28)25-15-11-23(12-16-25)18-5-3-4-6-19(18)29-2/h3-6H,7-16H2,1-2H3. The Morgan fingerprint density at radius 3 is 1.79 bits per heavy atom. The Hall–Kier alpha value is -2.77. The number of carbonyl (C=O) groups is 3. The number of ether oxygens (including phenoxy) is 1. The quantitative estimate of drug-likeness (QED) is 0.729. The van der Waals surface area contributed by atoms with Crippen LogP contribution in [0.2, 0.25) is 0 Å². The van der Waals surface area contributed by atoms with E-state index in [1.54, 1.807) is 23.8 Å². The molecule has 2 saturated heterocycles. The summed E-state index contributed by atoms with van der Waals surface area (Å²) in [6.45, 7) is 6.54. The fourth-order valence-electron chi connectivity index (χ4n) is 3.89. The number of rotatable bonds is 5. The number of carbonyl (C=O) groups excluding carboxylic acids is 3. The summed E-state index contributed by atoms with van der Waals surface area (Å²) in [7, 11) is 1.66. The van der Waals surface area contributed by atoms with Gasteiger partial charge >= 0.3 is 0 Å². The zero-order valence-electron chi connectivity index (χ0n) is 17.3. The van der Waals surface area contributed by atoms with E-state index in [0.717, 1.165) is 24.5 Å². The summed E-state index contributed by atoms with van der Waals surface area (Å²) < 4.78 is 5.43. The molecule has 0 bridgehead atoms. The van der Waals surface area contributed by atoms with E-state index in [4.69, 9.17) is 4.74 Å². The van der Waals surface area contributed by atoms with Gasteiger partial charge in [-0.1, -0.05) is 12.1 Å². The van der Waals surface area contributed by atoms with Gasteiger partial charge in [0.1, 0.15) is 5.75 Å². The smallest absolute Gasteiger partial charge is 0.223 e. The molecule has 0 aromatic heterocycles. The molecule has 1 aromatic rings. The Labute approximate surface area is 172 Å². The largest absolute Gasteiger partial charge is 0.495 e. The highest BCUT2D eigenvalue weighted by molar-refractivity contribution is 5.84. The molecule has 2 fully saturated rings. The van der Waals surface area contributed by atoms with Crippen molar-refractivity contribution < 1.29 is 19.1 Å². The van der Waals surface area contributed by atoms with Gasteiger partial charge in [0.15, 0.2) is 0 Å². The minimum atomic E-state index is -0.00536. The third-order valence-corrected chi connectivity index (χ3v) is 5.69. The van der Waals surface area contributed by atoms with Crippen LogP contribution < -0.4 is 9.64 Å². The van der Waals surface area contributed by atoms with Crippen molar-refractivity contribution in [2.45, 2.75) is 19.8 Å². The van der Waals surface area contributed by atoms with Crippen LogP contribution in [0.25, 0.3) is 0 Å². The summed E-state index contributed by atoms with van der Waals surface area (Å²) in [5, 5.41) is 0. The van der Waals surface area contributed by atoms with Crippen molar-refractivity contribution >= 4 is 23.4 Å². The normalized spacial score (nSPS) is 17.3. The molecule has 29 heavy (non-hydrogen) atoms. The molecule has 0 N–H and O–H groups in total. The minimum absolute atomic E-state index is 0.00536. The highest BCUT2D eigenvalue weighted by atomic mass is 16.5. The Balaban J connectivity index is 1.42. The molecule has 8 nitrogen and oxygen atoms in total. The molecule has 0 saturated carbocycles. The summed E-state index contributed by atoms with van der Waals surface area (Å²) >= 11 is 0. The number of amides is 3. The number of methoxy groups -OCH3 is 1. The van der Waals surface area contributed by atoms with Crippen molar-refractivity contribution in [2.75, 3.05) is 64.4 Å². The second kappa shape index (κ2) is 9.62. The van der Waals surface area contributed by atoms with Gasteiger partial charge in [0.2, 0.25) is 17.7 Å². The monoisotopic (exact) mass is 402 g/mol. The predicted octanol–water partition coefficient (Wildman–Crippen LogP) is 0.815. The highest BCUT2D eigenvalue weighted by Crippen LogP contribution is 2.28. The van der Waals surface area contributed by atoms with Gasteiger partial charge in [-0.05, 0) is 12.1 Å². The average Bonchev–Trinajstić information content (AvgIpc) is 2.77. The molecule has 2 aliphatic heterocycles. The van der Waals surface area contributed by atoms with E-state index >= 15 is 0 Å². The van der Waals surface area contributed by atoms with Crippen LogP contribution in [0.5, 0.6) is 5.75 Å². The van der Waals surface area contributed by atoms with Gasteiger partial charge in [-0.25, -0.2) is 0 Å². The van der Waals surface area contributed by atoms with Crippen LogP contribution in [0.3, 0.4) is 0 Å². The molecule has 0 radical (unpaired) electrons. The van der Waals surface area contributed by atoms with E-state index in [1.165, 1.54) is 0 Å². The van der Waals surface area contributed by atoms with E-state index in [9.17, 15) is 14.4 Å². The van der Waals surface area contributed by atoms with Crippen molar-refractivity contribution in [3.05, 3.63) is 24.3 Å². The molecule has 0 aliphatic carbocycles. The van der Waals surface area contributed by atoms with Crippen molar-refractivity contribution in [2.24, 2.45) is 0 Å². The third-order valence-electron chi connectivity index (χ3n) is 5.69. The van der Waals surface area contributed by atoms with Crippen molar-refractivity contribution in [1.29, 1.82) is 0 Å². The number of benzene rings is 1. The zero-order valence-corrected chi connectivity index (χ0v) is 17.3. The van der Waals surface area contributed by atoms with Gasteiger partial charge in [-0.3, -0.25) is 14.4 Å². The fraction of sp³-hybridized carbons (Fsp3) is 0.571. The van der Waals surface area contributed by atoms with Gasteiger partial charge < -0.3 is 24.3 Å². The molecule has 2 heterocycles. The first-order valence-electron chi connectivity index (χ1n) is 10.2. The summed E-state index contributed by atoms with van der Waals surface area (Å²) in [6.07, 6.45) is 0.464. The first kappa shape index (κ1) is 21.0. The van der Waals surface area contributed by atoms with Crippen molar-refractivity contribution in [3.63, 3.8) is 0 Å². The number of hydrogen-bond donors (Lipinski definition) is 0. The third kappa shape index (κ3) is 5.19. The maximum absolute atomic E-state index is 12.6. The Morgan fingerprint density at radius 2 is 1.28 bits per heavy atom. The number of piperazine rings is 2. The van der Waals surface area contributed by atoms with Crippen LogP contribution >= 0.6 is 0 Å². The van der Waals surface area contributed by atoms with E-state index in [-0.39, 0.29) is 30.6 Å². The second-order valence-corrected chi connectivity index (χ2v) is 7.43. The van der Waals surface area contributed by atoms with Crippen molar-refractivity contribution in [1.82, 2.24) is 14.7 Å². The summed E-state index contributed by atoms with van der Waals surface area (Å²) in [6, 6.07) is 7.89. The van der Waals surface area contributed by atoms with Gasteiger partial charge in [0.25, 0.3) is 0 Å². The SMILES string of the molecule is COc1ccccc1N1CCN(C(=O)CCC(=O)N2CCN(C(C)=O)CC2)CC1. The van der Waals surface area contributed by atoms with Gasteiger partial charge in [-0.15, -0.1) is 0 Å². The van der Waals surface area contributed by atoms with Crippen LogP contribution in [0.4, 0.5) is 5.69 Å². The van der Waals surface area contributed by atoms with Gasteiger partial charge in [0.05, 0.1) is 12.8 Å². The summed E-state index contributed by atoms with van der Waals surface area (Å²) in [5.74, 6) is 0.900. The Morgan fingerprint density at radius 1 is 0.793 bits per heavy atom. The number of nitrogens with zero attached hydrogens (tertiary/aromatic N) is 4. The van der Waals surface area contributed by atoms with Gasteiger partial charge in [-0.2, -0.15) is 0 Å². The molecular weight excluding hydrogens is 372 g/mol. The van der Waals surface area contributed by atoms with E-state index in [2.05, 4.69) is 4.90 Å².